The van der Waals surface area contributed by atoms with Crippen LogP contribution in [0.15, 0.2) is 30.5 Å². The molecule has 2 aromatic rings. The van der Waals surface area contributed by atoms with Crippen LogP contribution in [0.2, 0.25) is 0 Å². The molecule has 0 amide bonds. The fraction of sp³-hybridized carbons (Fsp3) is 0.267. The Hall–Kier alpha value is -2.21. The van der Waals surface area contributed by atoms with Crippen LogP contribution >= 0.6 is 0 Å². The lowest BCUT2D eigenvalue weighted by Gasteiger charge is -2.10. The van der Waals surface area contributed by atoms with E-state index in [0.29, 0.717) is 0 Å². The quantitative estimate of drug-likeness (QED) is 0.644. The number of rotatable bonds is 5. The maximum atomic E-state index is 5.34. The molecule has 1 aromatic carbocycles. The van der Waals surface area contributed by atoms with E-state index < -0.39 is 0 Å². The van der Waals surface area contributed by atoms with E-state index in [2.05, 4.69) is 16.2 Å². The van der Waals surface area contributed by atoms with Gasteiger partial charge >= 0.3 is 0 Å². The predicted molar refractivity (Wildman–Crippen MR) is 74.9 cm³/mol. The summed E-state index contributed by atoms with van der Waals surface area (Å²) in [6.45, 7) is 0.827. The molecule has 1 aromatic heterocycles. The van der Waals surface area contributed by atoms with Crippen LogP contribution in [-0.2, 0) is 0 Å². The summed E-state index contributed by atoms with van der Waals surface area (Å²) in [7, 11) is 1.68. The van der Waals surface area contributed by atoms with Gasteiger partial charge in [0.1, 0.15) is 11.6 Å². The Morgan fingerprint density at radius 1 is 1.33 bits per heavy atom. The van der Waals surface area contributed by atoms with Crippen molar-refractivity contribution in [3.8, 4) is 18.1 Å². The molecule has 0 bridgehead atoms. The fourth-order valence-corrected chi connectivity index (χ4v) is 1.89. The summed E-state index contributed by atoms with van der Waals surface area (Å²) in [6, 6.07) is 7.91. The van der Waals surface area contributed by atoms with E-state index in [1.807, 2.05) is 24.3 Å². The Kier molecular flexibility index (Phi) is 4.03. The zero-order valence-electron chi connectivity index (χ0n) is 10.4. The lowest BCUT2D eigenvalue weighted by molar-refractivity contribution is 0.420. The third kappa shape index (κ3) is 2.54. The number of aromatic nitrogens is 1. The van der Waals surface area contributed by atoms with Crippen LogP contribution in [0.5, 0.6) is 5.75 Å². The highest BCUT2D eigenvalue weighted by Gasteiger charge is 2.05. The molecule has 3 heteroatoms. The number of pyridine rings is 1. The number of hydrogen-bond acceptors (Lipinski definition) is 3. The Bertz CT molecular complexity index is 572. The number of nitrogens with zero attached hydrogens (tertiary/aromatic N) is 1. The zero-order chi connectivity index (χ0) is 12.8. The molecule has 92 valence electrons. The minimum Gasteiger partial charge on any atom is -0.496 e. The van der Waals surface area contributed by atoms with E-state index in [4.69, 9.17) is 11.2 Å². The molecular weight excluding hydrogens is 224 g/mol. The second kappa shape index (κ2) is 5.92. The molecule has 0 aliphatic carbocycles. The second-order valence-corrected chi connectivity index (χ2v) is 3.95. The Balaban J connectivity index is 2.26. The molecule has 0 fully saturated rings. The number of methoxy groups -OCH3 is 1. The molecule has 0 saturated carbocycles. The average Bonchev–Trinajstić information content (AvgIpc) is 2.43. The van der Waals surface area contributed by atoms with Gasteiger partial charge in [0.05, 0.1) is 7.11 Å². The average molecular weight is 240 g/mol. The van der Waals surface area contributed by atoms with Crippen molar-refractivity contribution in [3.63, 3.8) is 0 Å². The molecule has 0 atom stereocenters. The maximum absolute atomic E-state index is 5.34. The SMILES string of the molecule is C#CCCCNc1nccc2c(OC)cccc12. The molecule has 0 unspecified atom stereocenters. The second-order valence-electron chi connectivity index (χ2n) is 3.95. The van der Waals surface area contributed by atoms with Gasteiger partial charge in [-0.3, -0.25) is 0 Å². The van der Waals surface area contributed by atoms with Crippen LogP contribution in [-0.4, -0.2) is 18.6 Å². The fourth-order valence-electron chi connectivity index (χ4n) is 1.89. The zero-order valence-corrected chi connectivity index (χ0v) is 10.4. The number of benzene rings is 1. The van der Waals surface area contributed by atoms with Gasteiger partial charge < -0.3 is 10.1 Å². The molecule has 1 N–H and O–H groups in total. The lowest BCUT2D eigenvalue weighted by atomic mass is 10.1. The summed E-state index contributed by atoms with van der Waals surface area (Å²) < 4.78 is 5.34. The van der Waals surface area contributed by atoms with Crippen molar-refractivity contribution in [2.45, 2.75) is 12.8 Å². The lowest BCUT2D eigenvalue weighted by Crippen LogP contribution is -2.03. The minimum absolute atomic E-state index is 0.779. The summed E-state index contributed by atoms with van der Waals surface area (Å²) in [6.07, 6.45) is 8.73. The van der Waals surface area contributed by atoms with Crippen molar-refractivity contribution in [3.05, 3.63) is 30.5 Å². The molecule has 0 saturated heterocycles. The molecule has 3 nitrogen and oxygen atoms in total. The van der Waals surface area contributed by atoms with Crippen molar-refractivity contribution < 1.29 is 4.74 Å². The van der Waals surface area contributed by atoms with Gasteiger partial charge in [0.25, 0.3) is 0 Å². The molecule has 1 heterocycles. The molecule has 0 aliphatic heterocycles. The summed E-state index contributed by atoms with van der Waals surface area (Å²) >= 11 is 0. The van der Waals surface area contributed by atoms with E-state index in [1.54, 1.807) is 13.3 Å². The minimum atomic E-state index is 0.779. The van der Waals surface area contributed by atoms with Gasteiger partial charge in [0.2, 0.25) is 0 Å². The van der Waals surface area contributed by atoms with Gasteiger partial charge in [-0.15, -0.1) is 12.3 Å². The van der Waals surface area contributed by atoms with E-state index >= 15 is 0 Å². The first-order valence-corrected chi connectivity index (χ1v) is 5.96. The topological polar surface area (TPSA) is 34.2 Å². The van der Waals surface area contributed by atoms with Crippen LogP contribution in [0.3, 0.4) is 0 Å². The van der Waals surface area contributed by atoms with Gasteiger partial charge in [0, 0.05) is 29.9 Å². The van der Waals surface area contributed by atoms with E-state index in [9.17, 15) is 0 Å². The van der Waals surface area contributed by atoms with Crippen LogP contribution in [0.25, 0.3) is 10.8 Å². The van der Waals surface area contributed by atoms with Crippen LogP contribution < -0.4 is 10.1 Å². The van der Waals surface area contributed by atoms with E-state index in [1.165, 1.54) is 0 Å². The first-order chi connectivity index (χ1) is 8.86. The monoisotopic (exact) mass is 240 g/mol. The third-order valence-electron chi connectivity index (χ3n) is 2.78. The Morgan fingerprint density at radius 3 is 3.00 bits per heavy atom. The highest BCUT2D eigenvalue weighted by atomic mass is 16.5. The summed E-state index contributed by atoms with van der Waals surface area (Å²) in [5, 5.41) is 5.44. The molecule has 0 radical (unpaired) electrons. The predicted octanol–water partition coefficient (Wildman–Crippen LogP) is 3.07. The smallest absolute Gasteiger partial charge is 0.133 e. The largest absolute Gasteiger partial charge is 0.496 e. The highest BCUT2D eigenvalue weighted by Crippen LogP contribution is 2.28. The summed E-state index contributed by atoms with van der Waals surface area (Å²) in [5.41, 5.74) is 0. The molecule has 2 rings (SSSR count). The van der Waals surface area contributed by atoms with Crippen molar-refractivity contribution in [2.75, 3.05) is 19.0 Å². The van der Waals surface area contributed by atoms with Crippen LogP contribution in [0, 0.1) is 12.3 Å². The van der Waals surface area contributed by atoms with Gasteiger partial charge in [-0.05, 0) is 18.6 Å². The number of unbranched alkanes of at least 4 members (excludes halogenated alkanes) is 1. The standard InChI is InChI=1S/C15H16N2O/c1-3-4-5-10-16-15-13-7-6-8-14(18-2)12(13)9-11-17-15/h1,6-9,11H,4-5,10H2,2H3,(H,16,17). The van der Waals surface area contributed by atoms with Crippen LogP contribution in [0.4, 0.5) is 5.82 Å². The third-order valence-corrected chi connectivity index (χ3v) is 2.78. The highest BCUT2D eigenvalue weighted by molar-refractivity contribution is 5.95. The van der Waals surface area contributed by atoms with Crippen molar-refractivity contribution in [2.24, 2.45) is 0 Å². The van der Waals surface area contributed by atoms with Gasteiger partial charge in [-0.2, -0.15) is 0 Å². The van der Waals surface area contributed by atoms with E-state index in [-0.39, 0.29) is 0 Å². The maximum Gasteiger partial charge on any atom is 0.133 e. The van der Waals surface area contributed by atoms with Crippen molar-refractivity contribution in [1.29, 1.82) is 0 Å². The number of fused-ring (bicyclic) bond motifs is 1. The van der Waals surface area contributed by atoms with Gasteiger partial charge in [0.15, 0.2) is 0 Å². The number of anilines is 1. The van der Waals surface area contributed by atoms with Crippen molar-refractivity contribution in [1.82, 2.24) is 4.98 Å². The molecule has 0 aliphatic rings. The summed E-state index contributed by atoms with van der Waals surface area (Å²) in [4.78, 5) is 4.36. The van der Waals surface area contributed by atoms with Gasteiger partial charge in [-0.25, -0.2) is 4.98 Å². The van der Waals surface area contributed by atoms with Crippen molar-refractivity contribution >= 4 is 16.6 Å². The molecular formula is C15H16N2O. The number of ether oxygens (including phenoxy) is 1. The van der Waals surface area contributed by atoms with Gasteiger partial charge in [-0.1, -0.05) is 12.1 Å². The molecule has 0 spiro atoms. The van der Waals surface area contributed by atoms with E-state index in [0.717, 1.165) is 41.7 Å². The summed E-state index contributed by atoms with van der Waals surface area (Å²) in [5.74, 6) is 4.37. The first kappa shape index (κ1) is 12.3. The Morgan fingerprint density at radius 2 is 2.22 bits per heavy atom. The Labute approximate surface area is 107 Å². The number of terminal acetylenes is 1. The van der Waals surface area contributed by atoms with Crippen LogP contribution in [0.1, 0.15) is 12.8 Å². The normalized spacial score (nSPS) is 10.0. The first-order valence-electron chi connectivity index (χ1n) is 5.96. The molecule has 18 heavy (non-hydrogen) atoms. The number of hydrogen-bond donors (Lipinski definition) is 1. The number of nitrogens with one attached hydrogen (secondary N) is 1.